The first-order chi connectivity index (χ1) is 34.5. The molecule has 0 heterocycles. The molecule has 0 rings (SSSR count). The van der Waals surface area contributed by atoms with E-state index in [9.17, 15) is 14.4 Å². The Labute approximate surface area is 430 Å². The SMILES string of the molecule is CC\C=C/C=C\C=C/C=C\C=C\C=C/C=C\CCCCCC(=O)OCC(COC(=O)CCCCCCCC/C=C\C/C=C\C/C=C\CC)OC(=O)CCCCCCCCC/C=C\CCCCCCCC. The zero-order valence-electron chi connectivity index (χ0n) is 45.0. The van der Waals surface area contributed by atoms with Crippen LogP contribution in [0.2, 0.25) is 0 Å². The molecule has 0 bridgehead atoms. The second-order valence-electron chi connectivity index (χ2n) is 18.3. The van der Waals surface area contributed by atoms with Crippen LogP contribution >= 0.6 is 0 Å². The minimum atomic E-state index is -0.811. The van der Waals surface area contributed by atoms with Crippen molar-refractivity contribution in [3.05, 3.63) is 134 Å². The number of rotatable bonds is 49. The Morgan fingerprint density at radius 3 is 1.07 bits per heavy atom. The molecule has 394 valence electrons. The van der Waals surface area contributed by atoms with E-state index in [1.54, 1.807) is 0 Å². The van der Waals surface area contributed by atoms with Gasteiger partial charge in [0.15, 0.2) is 6.10 Å². The molecule has 6 nitrogen and oxygen atoms in total. The highest BCUT2D eigenvalue weighted by atomic mass is 16.6. The highest BCUT2D eigenvalue weighted by Crippen LogP contribution is 2.14. The molecule has 1 atom stereocenters. The maximum absolute atomic E-state index is 12.9. The lowest BCUT2D eigenvalue weighted by Crippen LogP contribution is -2.30. The average molecular weight is 968 g/mol. The molecule has 0 saturated heterocycles. The smallest absolute Gasteiger partial charge is 0.306 e. The van der Waals surface area contributed by atoms with Crippen molar-refractivity contribution in [2.24, 2.45) is 0 Å². The van der Waals surface area contributed by atoms with Gasteiger partial charge in [0.25, 0.3) is 0 Å². The lowest BCUT2D eigenvalue weighted by molar-refractivity contribution is -0.167. The van der Waals surface area contributed by atoms with E-state index in [1.807, 2.05) is 72.9 Å². The number of allylic oxidation sites excluding steroid dienone is 22. The van der Waals surface area contributed by atoms with Crippen molar-refractivity contribution in [2.45, 2.75) is 239 Å². The van der Waals surface area contributed by atoms with Crippen LogP contribution < -0.4 is 0 Å². The molecule has 6 heteroatoms. The highest BCUT2D eigenvalue weighted by molar-refractivity contribution is 5.71. The number of hydrogen-bond acceptors (Lipinski definition) is 6. The third kappa shape index (κ3) is 54.5. The fourth-order valence-electron chi connectivity index (χ4n) is 7.38. The Balaban J connectivity index is 4.54. The lowest BCUT2D eigenvalue weighted by Gasteiger charge is -2.18. The van der Waals surface area contributed by atoms with Crippen LogP contribution in [0.4, 0.5) is 0 Å². The fourth-order valence-corrected chi connectivity index (χ4v) is 7.38. The molecule has 0 amide bonds. The maximum atomic E-state index is 12.9. The first kappa shape index (κ1) is 65.5. The van der Waals surface area contributed by atoms with Crippen LogP contribution in [0.5, 0.6) is 0 Å². The van der Waals surface area contributed by atoms with Crippen LogP contribution in [0.3, 0.4) is 0 Å². The number of carbonyl (C=O) groups excluding carboxylic acids is 3. The summed E-state index contributed by atoms with van der Waals surface area (Å²) < 4.78 is 16.8. The molecular formula is C64H102O6. The van der Waals surface area contributed by atoms with Crippen molar-refractivity contribution in [3.63, 3.8) is 0 Å². The van der Waals surface area contributed by atoms with Crippen molar-refractivity contribution in [2.75, 3.05) is 13.2 Å². The second-order valence-corrected chi connectivity index (χ2v) is 18.3. The monoisotopic (exact) mass is 967 g/mol. The van der Waals surface area contributed by atoms with E-state index in [0.717, 1.165) is 103 Å². The number of carbonyl (C=O) groups is 3. The van der Waals surface area contributed by atoms with E-state index < -0.39 is 6.10 Å². The van der Waals surface area contributed by atoms with Gasteiger partial charge < -0.3 is 14.2 Å². The Morgan fingerprint density at radius 2 is 0.629 bits per heavy atom. The predicted octanol–water partition coefficient (Wildman–Crippen LogP) is 19.0. The topological polar surface area (TPSA) is 78.9 Å². The molecule has 0 aromatic carbocycles. The molecular weight excluding hydrogens is 865 g/mol. The molecule has 0 aliphatic carbocycles. The van der Waals surface area contributed by atoms with Crippen LogP contribution in [0.25, 0.3) is 0 Å². The van der Waals surface area contributed by atoms with Crippen LogP contribution in [0.1, 0.15) is 233 Å². The van der Waals surface area contributed by atoms with Gasteiger partial charge in [-0.05, 0) is 96.3 Å². The summed E-state index contributed by atoms with van der Waals surface area (Å²) in [5.74, 6) is -0.972. The summed E-state index contributed by atoms with van der Waals surface area (Å²) >= 11 is 0. The number of unbranched alkanes of at least 4 members (excludes halogenated alkanes) is 22. The molecule has 0 aliphatic heterocycles. The van der Waals surface area contributed by atoms with E-state index in [-0.39, 0.29) is 31.1 Å². The molecule has 0 aromatic heterocycles. The van der Waals surface area contributed by atoms with Crippen molar-refractivity contribution in [1.82, 2.24) is 0 Å². The summed E-state index contributed by atoms with van der Waals surface area (Å²) in [6, 6.07) is 0. The van der Waals surface area contributed by atoms with Gasteiger partial charge in [-0.15, -0.1) is 0 Å². The molecule has 0 saturated carbocycles. The largest absolute Gasteiger partial charge is 0.462 e. The molecule has 0 aromatic rings. The van der Waals surface area contributed by atoms with Gasteiger partial charge in [0.1, 0.15) is 13.2 Å². The summed E-state index contributed by atoms with van der Waals surface area (Å²) in [5.41, 5.74) is 0. The average Bonchev–Trinajstić information content (AvgIpc) is 3.36. The Bertz CT molecular complexity index is 1530. The zero-order valence-corrected chi connectivity index (χ0v) is 45.0. The van der Waals surface area contributed by atoms with Crippen LogP contribution in [-0.2, 0) is 28.6 Å². The van der Waals surface area contributed by atoms with Gasteiger partial charge in [-0.3, -0.25) is 14.4 Å². The van der Waals surface area contributed by atoms with Gasteiger partial charge in [0, 0.05) is 19.3 Å². The molecule has 0 radical (unpaired) electrons. The molecule has 0 fully saturated rings. The second kappa shape index (κ2) is 57.1. The summed E-state index contributed by atoms with van der Waals surface area (Å²) in [7, 11) is 0. The molecule has 0 N–H and O–H groups in total. The molecule has 1 unspecified atom stereocenters. The first-order valence-electron chi connectivity index (χ1n) is 28.3. The Kier molecular flexibility index (Phi) is 53.5. The minimum absolute atomic E-state index is 0.106. The van der Waals surface area contributed by atoms with E-state index in [4.69, 9.17) is 14.2 Å². The third-order valence-corrected chi connectivity index (χ3v) is 11.6. The van der Waals surface area contributed by atoms with Gasteiger partial charge >= 0.3 is 17.9 Å². The number of ether oxygens (including phenoxy) is 3. The summed E-state index contributed by atoms with van der Waals surface area (Å²) in [6.07, 6.45) is 80.0. The van der Waals surface area contributed by atoms with E-state index in [0.29, 0.717) is 19.3 Å². The van der Waals surface area contributed by atoms with E-state index in [2.05, 4.69) is 81.5 Å². The summed E-state index contributed by atoms with van der Waals surface area (Å²) in [6.45, 7) is 6.32. The molecule has 70 heavy (non-hydrogen) atoms. The van der Waals surface area contributed by atoms with Crippen LogP contribution in [-0.4, -0.2) is 37.2 Å². The molecule has 0 spiro atoms. The van der Waals surface area contributed by atoms with Crippen LogP contribution in [0, 0.1) is 0 Å². The van der Waals surface area contributed by atoms with Crippen LogP contribution in [0.15, 0.2) is 134 Å². The standard InChI is InChI=1S/C64H102O6/c1-4-7-10-13-16-19-22-25-28-31-32-34-36-39-42-45-48-51-54-57-63(66)69-60-61(59-68-62(65)56-53-50-47-44-41-38-35-30-27-24-21-18-15-12-9-6-3)70-64(67)58-55-52-49-46-43-40-37-33-29-26-23-20-17-14-11-8-5-2/h7,9-10,12-13,16,18-19,21-22,25-32,34,36,39,42,61H,4-6,8,11,14-15,17,20,23-24,33,35,37-38,40-41,43-60H2,1-3H3/b10-7-,12-9-,16-13-,21-18-,22-19-,28-25-,29-26-,30-27-,32-31+,36-34-,42-39-. The van der Waals surface area contributed by atoms with E-state index in [1.165, 1.54) is 89.9 Å². The predicted molar refractivity (Wildman–Crippen MR) is 302 cm³/mol. The van der Waals surface area contributed by atoms with Gasteiger partial charge in [0.2, 0.25) is 0 Å². The Hall–Kier alpha value is -4.45. The Morgan fingerprint density at radius 1 is 0.314 bits per heavy atom. The van der Waals surface area contributed by atoms with Crippen molar-refractivity contribution in [1.29, 1.82) is 0 Å². The molecule has 0 aliphatic rings. The van der Waals surface area contributed by atoms with Gasteiger partial charge in [0.05, 0.1) is 0 Å². The van der Waals surface area contributed by atoms with Gasteiger partial charge in [-0.25, -0.2) is 0 Å². The summed E-state index contributed by atoms with van der Waals surface area (Å²) in [4.78, 5) is 38.2. The van der Waals surface area contributed by atoms with Gasteiger partial charge in [-0.2, -0.15) is 0 Å². The van der Waals surface area contributed by atoms with Crippen molar-refractivity contribution < 1.29 is 28.6 Å². The van der Waals surface area contributed by atoms with E-state index >= 15 is 0 Å². The third-order valence-electron chi connectivity index (χ3n) is 11.6. The number of esters is 3. The minimum Gasteiger partial charge on any atom is -0.462 e. The quantitative estimate of drug-likeness (QED) is 0.0199. The van der Waals surface area contributed by atoms with Crippen molar-refractivity contribution >= 4 is 17.9 Å². The maximum Gasteiger partial charge on any atom is 0.306 e. The summed E-state index contributed by atoms with van der Waals surface area (Å²) in [5, 5.41) is 0. The fraction of sp³-hybridized carbons (Fsp3) is 0.609. The normalized spacial score (nSPS) is 13.1. The highest BCUT2D eigenvalue weighted by Gasteiger charge is 2.19. The lowest BCUT2D eigenvalue weighted by atomic mass is 10.1. The zero-order chi connectivity index (χ0) is 50.7. The number of hydrogen-bond donors (Lipinski definition) is 0. The van der Waals surface area contributed by atoms with Gasteiger partial charge in [-0.1, -0.05) is 251 Å². The van der Waals surface area contributed by atoms with Crippen molar-refractivity contribution in [3.8, 4) is 0 Å². The first-order valence-corrected chi connectivity index (χ1v) is 28.3.